The molecule has 2 N–H and O–H groups in total. The number of hydrogen-bond donors (Lipinski definition) is 2. The van der Waals surface area contributed by atoms with Crippen LogP contribution in [0.5, 0.6) is 0 Å². The molecule has 1 amide bonds. The van der Waals surface area contributed by atoms with E-state index in [1.165, 1.54) is 19.3 Å². The Morgan fingerprint density at radius 2 is 2.42 bits per heavy atom. The van der Waals surface area contributed by atoms with Crippen molar-refractivity contribution in [1.29, 1.82) is 0 Å². The normalized spacial score (nSPS) is 29.4. The molecular weight excluding hydrogens is 242 g/mol. The number of fused-ring (bicyclic) bond motifs is 1. The first-order valence-electron chi connectivity index (χ1n) is 7.20. The standard InChI is InChI=1S/C13H21N5O/c19-13(12-11-4-1-3-10(11)9-15-12)14-5-2-7-18-8-6-16-17-18/h6,8,10-12,15H,1-5,7,9H2,(H,14,19). The summed E-state index contributed by atoms with van der Waals surface area (Å²) in [5, 5.41) is 14.1. The highest BCUT2D eigenvalue weighted by Crippen LogP contribution is 2.37. The fourth-order valence-corrected chi connectivity index (χ4v) is 3.39. The van der Waals surface area contributed by atoms with Gasteiger partial charge in [-0.15, -0.1) is 5.10 Å². The van der Waals surface area contributed by atoms with E-state index < -0.39 is 0 Å². The van der Waals surface area contributed by atoms with Crippen LogP contribution in [0.1, 0.15) is 25.7 Å². The van der Waals surface area contributed by atoms with Gasteiger partial charge in [0.15, 0.2) is 0 Å². The van der Waals surface area contributed by atoms with Gasteiger partial charge in [-0.1, -0.05) is 11.6 Å². The lowest BCUT2D eigenvalue weighted by atomic mass is 9.93. The topological polar surface area (TPSA) is 71.8 Å². The third-order valence-corrected chi connectivity index (χ3v) is 4.36. The summed E-state index contributed by atoms with van der Waals surface area (Å²) in [6.07, 6.45) is 8.16. The molecule has 1 aromatic rings. The predicted molar refractivity (Wildman–Crippen MR) is 70.3 cm³/mol. The first-order valence-corrected chi connectivity index (χ1v) is 7.20. The van der Waals surface area contributed by atoms with Crippen LogP contribution in [0, 0.1) is 11.8 Å². The second-order valence-electron chi connectivity index (χ2n) is 5.55. The van der Waals surface area contributed by atoms with Crippen LogP contribution in [0.15, 0.2) is 12.4 Å². The Morgan fingerprint density at radius 1 is 1.47 bits per heavy atom. The second kappa shape index (κ2) is 5.69. The highest BCUT2D eigenvalue weighted by atomic mass is 16.2. The van der Waals surface area contributed by atoms with Gasteiger partial charge in [-0.05, 0) is 37.6 Å². The molecule has 3 unspecified atom stereocenters. The number of carbonyl (C=O) groups excluding carboxylic acids is 1. The highest BCUT2D eigenvalue weighted by molar-refractivity contribution is 5.82. The van der Waals surface area contributed by atoms with Crippen LogP contribution in [-0.2, 0) is 11.3 Å². The van der Waals surface area contributed by atoms with Gasteiger partial charge in [0.05, 0.1) is 12.2 Å². The van der Waals surface area contributed by atoms with Gasteiger partial charge in [-0.2, -0.15) is 0 Å². The van der Waals surface area contributed by atoms with Crippen molar-refractivity contribution in [2.24, 2.45) is 11.8 Å². The van der Waals surface area contributed by atoms with Crippen LogP contribution in [0.2, 0.25) is 0 Å². The van der Waals surface area contributed by atoms with Crippen molar-refractivity contribution >= 4 is 5.91 Å². The molecule has 1 saturated carbocycles. The van der Waals surface area contributed by atoms with Gasteiger partial charge in [0.1, 0.15) is 0 Å². The van der Waals surface area contributed by atoms with Crippen LogP contribution in [0.3, 0.4) is 0 Å². The third kappa shape index (κ3) is 2.78. The number of rotatable bonds is 5. The lowest BCUT2D eigenvalue weighted by Crippen LogP contribution is -2.44. The quantitative estimate of drug-likeness (QED) is 0.743. The number of nitrogens with zero attached hydrogens (tertiary/aromatic N) is 3. The number of hydrogen-bond acceptors (Lipinski definition) is 4. The van der Waals surface area contributed by atoms with Crippen LogP contribution >= 0.6 is 0 Å². The zero-order valence-electron chi connectivity index (χ0n) is 11.1. The minimum atomic E-state index is 0.0406. The van der Waals surface area contributed by atoms with E-state index >= 15 is 0 Å². The van der Waals surface area contributed by atoms with Gasteiger partial charge in [-0.25, -0.2) is 0 Å². The van der Waals surface area contributed by atoms with E-state index in [0.29, 0.717) is 12.5 Å². The van der Waals surface area contributed by atoms with Gasteiger partial charge in [0.25, 0.3) is 0 Å². The average Bonchev–Trinajstić information content (AvgIpc) is 3.10. The van der Waals surface area contributed by atoms with Crippen molar-refractivity contribution in [2.45, 2.75) is 38.3 Å². The Bertz CT molecular complexity index is 419. The van der Waals surface area contributed by atoms with E-state index in [9.17, 15) is 4.79 Å². The summed E-state index contributed by atoms with van der Waals surface area (Å²) in [5.74, 6) is 1.47. The van der Waals surface area contributed by atoms with E-state index in [4.69, 9.17) is 0 Å². The molecule has 3 atom stereocenters. The summed E-state index contributed by atoms with van der Waals surface area (Å²) in [5.41, 5.74) is 0. The van der Waals surface area contributed by atoms with Gasteiger partial charge in [-0.3, -0.25) is 9.48 Å². The Morgan fingerprint density at radius 3 is 3.26 bits per heavy atom. The molecular formula is C13H21N5O. The zero-order valence-corrected chi connectivity index (χ0v) is 11.1. The van der Waals surface area contributed by atoms with Crippen molar-refractivity contribution in [1.82, 2.24) is 25.6 Å². The third-order valence-electron chi connectivity index (χ3n) is 4.36. The summed E-state index contributed by atoms with van der Waals surface area (Å²) in [7, 11) is 0. The number of nitrogens with one attached hydrogen (secondary N) is 2. The van der Waals surface area contributed by atoms with Crippen molar-refractivity contribution < 1.29 is 4.79 Å². The Kier molecular flexibility index (Phi) is 3.77. The maximum atomic E-state index is 12.1. The molecule has 1 aliphatic heterocycles. The lowest BCUT2D eigenvalue weighted by molar-refractivity contribution is -0.123. The van der Waals surface area contributed by atoms with E-state index in [-0.39, 0.29) is 11.9 Å². The molecule has 0 spiro atoms. The summed E-state index contributed by atoms with van der Waals surface area (Å²) in [4.78, 5) is 12.1. The first-order chi connectivity index (χ1) is 9.34. The largest absolute Gasteiger partial charge is 0.355 e. The Labute approximate surface area is 112 Å². The molecule has 6 heteroatoms. The van der Waals surface area contributed by atoms with E-state index in [1.807, 2.05) is 6.20 Å². The molecule has 1 saturated heterocycles. The molecule has 1 aromatic heterocycles. The minimum Gasteiger partial charge on any atom is -0.355 e. The van der Waals surface area contributed by atoms with E-state index in [2.05, 4.69) is 20.9 Å². The van der Waals surface area contributed by atoms with Crippen molar-refractivity contribution in [3.05, 3.63) is 12.4 Å². The van der Waals surface area contributed by atoms with Gasteiger partial charge in [0.2, 0.25) is 5.91 Å². The Hall–Kier alpha value is -1.43. The first kappa shape index (κ1) is 12.6. The predicted octanol–water partition coefficient (Wildman–Crippen LogP) is 0.172. The molecule has 2 heterocycles. The molecule has 19 heavy (non-hydrogen) atoms. The highest BCUT2D eigenvalue weighted by Gasteiger charge is 2.42. The minimum absolute atomic E-state index is 0.0406. The fourth-order valence-electron chi connectivity index (χ4n) is 3.39. The number of carbonyl (C=O) groups is 1. The maximum Gasteiger partial charge on any atom is 0.237 e. The molecule has 104 valence electrons. The molecule has 1 aliphatic carbocycles. The van der Waals surface area contributed by atoms with Crippen LogP contribution in [-0.4, -0.2) is 40.0 Å². The summed E-state index contributed by atoms with van der Waals surface area (Å²) in [6.45, 7) is 2.51. The Balaban J connectivity index is 1.39. The number of aryl methyl sites for hydroxylation is 1. The fraction of sp³-hybridized carbons (Fsp3) is 0.769. The van der Waals surface area contributed by atoms with Crippen molar-refractivity contribution in [3.63, 3.8) is 0 Å². The average molecular weight is 263 g/mol. The molecule has 3 rings (SSSR count). The van der Waals surface area contributed by atoms with Gasteiger partial charge in [0, 0.05) is 19.3 Å². The number of amides is 1. The van der Waals surface area contributed by atoms with Crippen molar-refractivity contribution in [3.8, 4) is 0 Å². The lowest BCUT2D eigenvalue weighted by Gasteiger charge is -2.17. The molecule has 0 bridgehead atoms. The maximum absolute atomic E-state index is 12.1. The van der Waals surface area contributed by atoms with Crippen LogP contribution < -0.4 is 10.6 Å². The molecule has 0 aromatic carbocycles. The van der Waals surface area contributed by atoms with Gasteiger partial charge < -0.3 is 10.6 Å². The van der Waals surface area contributed by atoms with Gasteiger partial charge >= 0.3 is 0 Å². The van der Waals surface area contributed by atoms with Crippen LogP contribution in [0.4, 0.5) is 0 Å². The van der Waals surface area contributed by atoms with E-state index in [0.717, 1.165) is 25.4 Å². The molecule has 6 nitrogen and oxygen atoms in total. The summed E-state index contributed by atoms with van der Waals surface area (Å²) < 4.78 is 1.78. The SMILES string of the molecule is O=C(NCCCn1ccnn1)C1NCC2CCCC21. The van der Waals surface area contributed by atoms with E-state index in [1.54, 1.807) is 10.9 Å². The monoisotopic (exact) mass is 263 g/mol. The summed E-state index contributed by atoms with van der Waals surface area (Å²) in [6, 6.07) is 0.0406. The smallest absolute Gasteiger partial charge is 0.237 e. The van der Waals surface area contributed by atoms with Crippen molar-refractivity contribution in [2.75, 3.05) is 13.1 Å². The summed E-state index contributed by atoms with van der Waals surface area (Å²) >= 11 is 0. The van der Waals surface area contributed by atoms with Crippen LogP contribution in [0.25, 0.3) is 0 Å². The molecule has 2 fully saturated rings. The molecule has 0 radical (unpaired) electrons. The zero-order chi connectivity index (χ0) is 13.1. The number of aromatic nitrogens is 3. The molecule has 2 aliphatic rings. The second-order valence-corrected chi connectivity index (χ2v) is 5.55.